The Morgan fingerprint density at radius 1 is 1.10 bits per heavy atom. The first-order valence-corrected chi connectivity index (χ1v) is 13.6. The SMILES string of the molecule is Cc1cc(C(=O)Nc2cccc(C#Cc3c[nH]cc(C(=O)Nc4cccc(CCCBr)c4O)c3=S)c2)n(C)n1. The normalized spacial score (nSPS) is 10.4. The molecule has 0 aliphatic rings. The van der Waals surface area contributed by atoms with E-state index in [1.54, 1.807) is 49.6 Å². The molecule has 4 aromatic rings. The van der Waals surface area contributed by atoms with Crippen LogP contribution in [0.2, 0.25) is 0 Å². The lowest BCUT2D eigenvalue weighted by Crippen LogP contribution is -2.16. The molecule has 10 heteroatoms. The van der Waals surface area contributed by atoms with Crippen LogP contribution in [0.3, 0.4) is 0 Å². The maximum atomic E-state index is 13.0. The van der Waals surface area contributed by atoms with Crippen LogP contribution in [-0.2, 0) is 13.5 Å². The van der Waals surface area contributed by atoms with Crippen molar-refractivity contribution in [1.29, 1.82) is 0 Å². The van der Waals surface area contributed by atoms with E-state index in [1.807, 2.05) is 19.1 Å². The Hall–Kier alpha value is -4.20. The Morgan fingerprint density at radius 2 is 1.90 bits per heavy atom. The van der Waals surface area contributed by atoms with E-state index in [-0.39, 0.29) is 21.7 Å². The van der Waals surface area contributed by atoms with Crippen LogP contribution in [0.25, 0.3) is 0 Å². The van der Waals surface area contributed by atoms with Gasteiger partial charge in [-0.3, -0.25) is 14.3 Å². The van der Waals surface area contributed by atoms with Gasteiger partial charge in [-0.25, -0.2) is 0 Å². The molecule has 0 spiro atoms. The number of phenols is 1. The summed E-state index contributed by atoms with van der Waals surface area (Å²) < 4.78 is 1.81. The predicted molar refractivity (Wildman–Crippen MR) is 158 cm³/mol. The van der Waals surface area contributed by atoms with Crippen LogP contribution in [0.15, 0.2) is 60.9 Å². The summed E-state index contributed by atoms with van der Waals surface area (Å²) in [5.41, 5.74) is 4.21. The molecule has 39 heavy (non-hydrogen) atoms. The summed E-state index contributed by atoms with van der Waals surface area (Å²) in [6.07, 6.45) is 4.67. The number of nitrogens with zero attached hydrogens (tertiary/aromatic N) is 2. The van der Waals surface area contributed by atoms with Gasteiger partial charge in [-0.2, -0.15) is 5.10 Å². The van der Waals surface area contributed by atoms with Crippen molar-refractivity contribution < 1.29 is 14.7 Å². The Morgan fingerprint density at radius 3 is 2.64 bits per heavy atom. The van der Waals surface area contributed by atoms with E-state index in [0.717, 1.165) is 23.0 Å². The number of phenolic OH excluding ortho intramolecular Hbond substituents is 1. The number of aromatic amines is 1. The van der Waals surface area contributed by atoms with Gasteiger partial charge in [0.1, 0.15) is 11.4 Å². The lowest BCUT2D eigenvalue weighted by molar-refractivity contribution is 0.101. The van der Waals surface area contributed by atoms with Gasteiger partial charge in [0.25, 0.3) is 11.8 Å². The first-order valence-electron chi connectivity index (χ1n) is 12.1. The number of carbonyl (C=O) groups excluding carboxylic acids is 2. The van der Waals surface area contributed by atoms with Crippen molar-refractivity contribution in [3.8, 4) is 17.6 Å². The average molecular weight is 605 g/mol. The Labute approximate surface area is 239 Å². The molecule has 0 atom stereocenters. The molecule has 4 N–H and O–H groups in total. The summed E-state index contributed by atoms with van der Waals surface area (Å²) in [7, 11) is 1.72. The number of anilines is 2. The van der Waals surface area contributed by atoms with Gasteiger partial charge in [0.15, 0.2) is 0 Å². The van der Waals surface area contributed by atoms with E-state index in [9.17, 15) is 14.7 Å². The van der Waals surface area contributed by atoms with Gasteiger partial charge in [-0.1, -0.05) is 58.2 Å². The van der Waals surface area contributed by atoms with Gasteiger partial charge >= 0.3 is 0 Å². The molecule has 8 nitrogen and oxygen atoms in total. The van der Waals surface area contributed by atoms with Crippen LogP contribution >= 0.6 is 28.1 Å². The number of alkyl halides is 1. The minimum absolute atomic E-state index is 0.0446. The minimum Gasteiger partial charge on any atom is -0.505 e. The predicted octanol–water partition coefficient (Wildman–Crippen LogP) is 5.72. The van der Waals surface area contributed by atoms with E-state index in [4.69, 9.17) is 12.2 Å². The number of nitrogens with one attached hydrogen (secondary N) is 3. The summed E-state index contributed by atoms with van der Waals surface area (Å²) in [5.74, 6) is 5.37. The summed E-state index contributed by atoms with van der Waals surface area (Å²) in [5, 5.41) is 21.2. The Balaban J connectivity index is 1.51. The number of benzene rings is 2. The number of aryl methyl sites for hydroxylation is 3. The molecule has 2 amide bonds. The third-order valence-corrected chi connectivity index (χ3v) is 6.83. The molecular weight excluding hydrogens is 578 g/mol. The number of pyridine rings is 1. The van der Waals surface area contributed by atoms with E-state index >= 15 is 0 Å². The van der Waals surface area contributed by atoms with Crippen LogP contribution in [0.1, 0.15) is 49.7 Å². The molecule has 0 radical (unpaired) electrons. The second-order valence-electron chi connectivity index (χ2n) is 8.75. The lowest BCUT2D eigenvalue weighted by atomic mass is 10.1. The largest absolute Gasteiger partial charge is 0.505 e. The lowest BCUT2D eigenvalue weighted by Gasteiger charge is -2.11. The van der Waals surface area contributed by atoms with Gasteiger partial charge in [0, 0.05) is 36.0 Å². The molecule has 0 bridgehead atoms. The van der Waals surface area contributed by atoms with Crippen molar-refractivity contribution >= 4 is 51.3 Å². The summed E-state index contributed by atoms with van der Waals surface area (Å²) >= 11 is 8.94. The molecule has 0 fully saturated rings. The highest BCUT2D eigenvalue weighted by Gasteiger charge is 2.15. The number of amides is 2. The van der Waals surface area contributed by atoms with Gasteiger partial charge < -0.3 is 20.7 Å². The molecule has 198 valence electrons. The van der Waals surface area contributed by atoms with Crippen molar-refractivity contribution in [2.75, 3.05) is 16.0 Å². The van der Waals surface area contributed by atoms with E-state index in [2.05, 4.69) is 48.5 Å². The number of hydrogen-bond acceptors (Lipinski definition) is 5. The maximum absolute atomic E-state index is 13.0. The second kappa shape index (κ2) is 12.6. The molecule has 0 unspecified atom stereocenters. The van der Waals surface area contributed by atoms with E-state index < -0.39 is 5.91 Å². The van der Waals surface area contributed by atoms with Gasteiger partial charge in [0.2, 0.25) is 0 Å². The molecule has 0 saturated heterocycles. The number of halogens is 1. The third-order valence-electron chi connectivity index (χ3n) is 5.83. The average Bonchev–Trinajstić information content (AvgIpc) is 3.26. The number of rotatable bonds is 7. The number of para-hydroxylation sites is 1. The fraction of sp³-hybridized carbons (Fsp3) is 0.172. The maximum Gasteiger partial charge on any atom is 0.273 e. The minimum atomic E-state index is -0.456. The first-order chi connectivity index (χ1) is 18.8. The van der Waals surface area contributed by atoms with Crippen LogP contribution in [-0.4, -0.2) is 37.0 Å². The summed E-state index contributed by atoms with van der Waals surface area (Å²) in [6, 6.07) is 14.1. The topological polar surface area (TPSA) is 112 Å². The van der Waals surface area contributed by atoms with Crippen molar-refractivity contribution in [2.45, 2.75) is 19.8 Å². The number of aromatic hydroxyl groups is 1. The molecule has 2 heterocycles. The number of hydrogen-bond donors (Lipinski definition) is 4. The molecule has 0 saturated carbocycles. The molecule has 2 aromatic carbocycles. The Bertz CT molecular complexity index is 1670. The second-order valence-corrected chi connectivity index (χ2v) is 9.95. The quantitative estimate of drug-likeness (QED) is 0.0933. The molecule has 4 rings (SSSR count). The zero-order chi connectivity index (χ0) is 27.9. The van der Waals surface area contributed by atoms with Crippen LogP contribution in [0.5, 0.6) is 5.75 Å². The molecule has 0 aliphatic carbocycles. The van der Waals surface area contributed by atoms with E-state index in [0.29, 0.717) is 34.6 Å². The molecular formula is C29H26BrN5O3S. The van der Waals surface area contributed by atoms with Gasteiger partial charge in [-0.15, -0.1) is 0 Å². The van der Waals surface area contributed by atoms with Crippen LogP contribution in [0, 0.1) is 23.3 Å². The number of carbonyl (C=O) groups is 2. The van der Waals surface area contributed by atoms with Crippen LogP contribution in [0.4, 0.5) is 11.4 Å². The van der Waals surface area contributed by atoms with Crippen LogP contribution < -0.4 is 10.6 Å². The monoisotopic (exact) mass is 603 g/mol. The van der Waals surface area contributed by atoms with Crippen molar-refractivity contribution in [2.24, 2.45) is 7.05 Å². The van der Waals surface area contributed by atoms with Gasteiger partial charge in [-0.05, 0) is 55.7 Å². The highest BCUT2D eigenvalue weighted by molar-refractivity contribution is 9.09. The standard InChI is InChI=1S/C29H26BrN5O3S/c1-18-14-25(35(2)34-18)29(38)32-22-9-3-6-19(15-22)11-12-21-16-31-17-23(27(21)39)28(37)33-24-10-4-7-20(26(24)36)8-5-13-30/h3-4,6-7,9-10,14-17,36H,5,8,13H2,1-2H3,(H,31,39)(H,32,38)(H,33,37). The highest BCUT2D eigenvalue weighted by atomic mass is 79.9. The van der Waals surface area contributed by atoms with Crippen molar-refractivity contribution in [3.63, 3.8) is 0 Å². The van der Waals surface area contributed by atoms with E-state index in [1.165, 1.54) is 10.9 Å². The zero-order valence-electron chi connectivity index (χ0n) is 21.3. The number of aromatic nitrogens is 3. The van der Waals surface area contributed by atoms with Crippen molar-refractivity contribution in [3.05, 3.63) is 99.1 Å². The zero-order valence-corrected chi connectivity index (χ0v) is 23.7. The highest BCUT2D eigenvalue weighted by Crippen LogP contribution is 2.29. The summed E-state index contributed by atoms with van der Waals surface area (Å²) in [6.45, 7) is 1.82. The first kappa shape index (κ1) is 27.8. The fourth-order valence-electron chi connectivity index (χ4n) is 3.92. The third kappa shape index (κ3) is 6.82. The number of H-pyrrole nitrogens is 1. The summed E-state index contributed by atoms with van der Waals surface area (Å²) in [4.78, 5) is 28.6. The smallest absolute Gasteiger partial charge is 0.273 e. The van der Waals surface area contributed by atoms with Crippen molar-refractivity contribution in [1.82, 2.24) is 14.8 Å². The molecule has 2 aromatic heterocycles. The Kier molecular flexibility index (Phi) is 8.96. The fourth-order valence-corrected chi connectivity index (χ4v) is 4.46. The molecule has 0 aliphatic heterocycles. The van der Waals surface area contributed by atoms with Gasteiger partial charge in [0.05, 0.1) is 27.0 Å².